The molecule has 0 saturated heterocycles. The molecule has 0 aromatic rings. The first-order valence-electron chi connectivity index (χ1n) is 5.50. The van der Waals surface area contributed by atoms with Crippen molar-refractivity contribution in [3.05, 3.63) is 0 Å². The van der Waals surface area contributed by atoms with Crippen molar-refractivity contribution >= 4 is 5.91 Å². The van der Waals surface area contributed by atoms with E-state index >= 15 is 0 Å². The van der Waals surface area contributed by atoms with E-state index in [9.17, 15) is 4.79 Å². The van der Waals surface area contributed by atoms with Gasteiger partial charge in [0, 0.05) is 40.3 Å². The van der Waals surface area contributed by atoms with Crippen molar-refractivity contribution in [1.82, 2.24) is 10.2 Å². The summed E-state index contributed by atoms with van der Waals surface area (Å²) in [6, 6.07) is 0.252. The number of hydrogen-bond acceptors (Lipinski definition) is 3. The molecule has 0 aromatic heterocycles. The van der Waals surface area contributed by atoms with Gasteiger partial charge in [0.25, 0.3) is 0 Å². The Bertz CT molecular complexity index is 172. The number of carbonyl (C=O) groups is 1. The summed E-state index contributed by atoms with van der Waals surface area (Å²) in [5, 5.41) is 3.32. The van der Waals surface area contributed by atoms with Gasteiger partial charge in [-0.1, -0.05) is 0 Å². The highest BCUT2D eigenvalue weighted by Gasteiger charge is 2.09. The van der Waals surface area contributed by atoms with Crippen molar-refractivity contribution in [2.75, 3.05) is 34.4 Å². The lowest BCUT2D eigenvalue weighted by atomic mass is 10.2. The molecule has 1 amide bonds. The molecule has 1 unspecified atom stereocenters. The molecule has 0 saturated carbocycles. The van der Waals surface area contributed by atoms with E-state index in [0.29, 0.717) is 6.42 Å². The molecule has 0 aliphatic carbocycles. The van der Waals surface area contributed by atoms with E-state index in [0.717, 1.165) is 26.0 Å². The number of nitrogens with zero attached hydrogens (tertiary/aromatic N) is 1. The molecule has 1 atom stereocenters. The van der Waals surface area contributed by atoms with Crippen LogP contribution in [0.5, 0.6) is 0 Å². The smallest absolute Gasteiger partial charge is 0.223 e. The molecular weight excluding hydrogens is 192 g/mol. The molecule has 1 N–H and O–H groups in total. The van der Waals surface area contributed by atoms with Crippen LogP contribution in [0.2, 0.25) is 0 Å². The molecule has 0 aliphatic heterocycles. The molecule has 0 rings (SSSR count). The Morgan fingerprint density at radius 1 is 1.40 bits per heavy atom. The highest BCUT2D eigenvalue weighted by Crippen LogP contribution is 1.95. The third kappa shape index (κ3) is 8.39. The minimum absolute atomic E-state index is 0.173. The van der Waals surface area contributed by atoms with E-state index < -0.39 is 0 Å². The first kappa shape index (κ1) is 14.4. The van der Waals surface area contributed by atoms with Crippen LogP contribution in [-0.2, 0) is 9.53 Å². The van der Waals surface area contributed by atoms with Crippen molar-refractivity contribution in [1.29, 1.82) is 0 Å². The molecule has 0 aliphatic rings. The standard InChI is InChI=1S/C11H24N2O2/c1-10(9-11(14)13(2)3)12-7-5-6-8-15-4/h10,12H,5-9H2,1-4H3. The lowest BCUT2D eigenvalue weighted by Gasteiger charge is -2.16. The zero-order chi connectivity index (χ0) is 11.7. The lowest BCUT2D eigenvalue weighted by molar-refractivity contribution is -0.129. The molecule has 15 heavy (non-hydrogen) atoms. The fraction of sp³-hybridized carbons (Fsp3) is 0.909. The van der Waals surface area contributed by atoms with Crippen LogP contribution in [0.1, 0.15) is 26.2 Å². The second kappa shape index (κ2) is 8.68. The molecular formula is C11H24N2O2. The molecule has 4 heteroatoms. The van der Waals surface area contributed by atoms with Crippen LogP contribution in [0.4, 0.5) is 0 Å². The Hall–Kier alpha value is -0.610. The maximum absolute atomic E-state index is 11.4. The quantitative estimate of drug-likeness (QED) is 0.612. The van der Waals surface area contributed by atoms with E-state index in [2.05, 4.69) is 5.32 Å². The highest BCUT2D eigenvalue weighted by atomic mass is 16.5. The number of nitrogens with one attached hydrogen (secondary N) is 1. The average Bonchev–Trinajstić information content (AvgIpc) is 2.17. The van der Waals surface area contributed by atoms with Gasteiger partial charge in [-0.2, -0.15) is 0 Å². The van der Waals surface area contributed by atoms with Crippen LogP contribution >= 0.6 is 0 Å². The average molecular weight is 216 g/mol. The minimum atomic E-state index is 0.173. The Morgan fingerprint density at radius 3 is 2.60 bits per heavy atom. The summed E-state index contributed by atoms with van der Waals surface area (Å²) in [4.78, 5) is 13.0. The van der Waals surface area contributed by atoms with Gasteiger partial charge < -0.3 is 15.0 Å². The van der Waals surface area contributed by atoms with Gasteiger partial charge in [-0.3, -0.25) is 4.79 Å². The van der Waals surface area contributed by atoms with Gasteiger partial charge in [0.05, 0.1) is 0 Å². The maximum atomic E-state index is 11.4. The van der Waals surface area contributed by atoms with E-state index in [1.165, 1.54) is 0 Å². The van der Waals surface area contributed by atoms with Crippen LogP contribution in [-0.4, -0.2) is 51.2 Å². The predicted molar refractivity (Wildman–Crippen MR) is 61.9 cm³/mol. The summed E-state index contributed by atoms with van der Waals surface area (Å²) in [6.07, 6.45) is 2.73. The van der Waals surface area contributed by atoms with Gasteiger partial charge in [-0.15, -0.1) is 0 Å². The topological polar surface area (TPSA) is 41.6 Å². The summed E-state index contributed by atoms with van der Waals surface area (Å²) in [5.74, 6) is 0.173. The van der Waals surface area contributed by atoms with E-state index in [1.54, 1.807) is 26.1 Å². The summed E-state index contributed by atoms with van der Waals surface area (Å²) in [5.41, 5.74) is 0. The lowest BCUT2D eigenvalue weighted by Crippen LogP contribution is -2.33. The van der Waals surface area contributed by atoms with E-state index in [4.69, 9.17) is 4.74 Å². The zero-order valence-electron chi connectivity index (χ0n) is 10.4. The van der Waals surface area contributed by atoms with Gasteiger partial charge in [0.2, 0.25) is 5.91 Å². The van der Waals surface area contributed by atoms with Gasteiger partial charge >= 0.3 is 0 Å². The summed E-state index contributed by atoms with van der Waals surface area (Å²) >= 11 is 0. The second-order valence-electron chi connectivity index (χ2n) is 4.05. The van der Waals surface area contributed by atoms with Crippen molar-refractivity contribution < 1.29 is 9.53 Å². The fourth-order valence-corrected chi connectivity index (χ4v) is 1.24. The van der Waals surface area contributed by atoms with Gasteiger partial charge in [0.1, 0.15) is 0 Å². The number of ether oxygens (including phenoxy) is 1. The van der Waals surface area contributed by atoms with Crippen molar-refractivity contribution in [3.63, 3.8) is 0 Å². The van der Waals surface area contributed by atoms with Crippen molar-refractivity contribution in [2.24, 2.45) is 0 Å². The summed E-state index contributed by atoms with van der Waals surface area (Å²) < 4.78 is 4.96. The largest absolute Gasteiger partial charge is 0.385 e. The SMILES string of the molecule is COCCCCNC(C)CC(=O)N(C)C. The van der Waals surface area contributed by atoms with Gasteiger partial charge in [0.15, 0.2) is 0 Å². The Balaban J connectivity index is 3.41. The number of unbranched alkanes of at least 4 members (excludes halogenated alkanes) is 1. The molecule has 0 radical (unpaired) electrons. The van der Waals surface area contributed by atoms with Crippen LogP contribution in [0, 0.1) is 0 Å². The highest BCUT2D eigenvalue weighted by molar-refractivity contribution is 5.76. The third-order valence-corrected chi connectivity index (χ3v) is 2.25. The zero-order valence-corrected chi connectivity index (χ0v) is 10.4. The van der Waals surface area contributed by atoms with Crippen molar-refractivity contribution in [3.8, 4) is 0 Å². The van der Waals surface area contributed by atoms with Gasteiger partial charge in [-0.05, 0) is 26.3 Å². The Labute approximate surface area is 93.0 Å². The van der Waals surface area contributed by atoms with Gasteiger partial charge in [-0.25, -0.2) is 0 Å². The second-order valence-corrected chi connectivity index (χ2v) is 4.05. The number of hydrogen-bond donors (Lipinski definition) is 1. The van der Waals surface area contributed by atoms with E-state index in [-0.39, 0.29) is 11.9 Å². The van der Waals surface area contributed by atoms with Crippen LogP contribution in [0.3, 0.4) is 0 Å². The summed E-state index contributed by atoms with van der Waals surface area (Å²) in [6.45, 7) is 3.80. The monoisotopic (exact) mass is 216 g/mol. The van der Waals surface area contributed by atoms with Crippen LogP contribution in [0.15, 0.2) is 0 Å². The summed E-state index contributed by atoms with van der Waals surface area (Å²) in [7, 11) is 5.28. The molecule has 4 nitrogen and oxygen atoms in total. The molecule has 0 fully saturated rings. The first-order chi connectivity index (χ1) is 7.07. The number of amides is 1. The third-order valence-electron chi connectivity index (χ3n) is 2.25. The number of rotatable bonds is 8. The first-order valence-corrected chi connectivity index (χ1v) is 5.50. The Morgan fingerprint density at radius 2 is 2.07 bits per heavy atom. The molecule has 0 aromatic carbocycles. The number of methoxy groups -OCH3 is 1. The minimum Gasteiger partial charge on any atom is -0.385 e. The normalized spacial score (nSPS) is 12.5. The predicted octanol–water partition coefficient (Wildman–Crippen LogP) is 0.869. The number of carbonyl (C=O) groups excluding carboxylic acids is 1. The van der Waals surface area contributed by atoms with Crippen molar-refractivity contribution in [2.45, 2.75) is 32.2 Å². The molecule has 0 spiro atoms. The van der Waals surface area contributed by atoms with E-state index in [1.807, 2.05) is 6.92 Å². The van der Waals surface area contributed by atoms with Crippen LogP contribution < -0.4 is 5.32 Å². The molecule has 0 heterocycles. The van der Waals surface area contributed by atoms with Crippen LogP contribution in [0.25, 0.3) is 0 Å². The fourth-order valence-electron chi connectivity index (χ4n) is 1.24. The Kier molecular flexibility index (Phi) is 8.33. The maximum Gasteiger partial charge on any atom is 0.223 e. The molecule has 90 valence electrons. The molecule has 0 bridgehead atoms.